The summed E-state index contributed by atoms with van der Waals surface area (Å²) >= 11 is 0. The molecule has 3 aromatic rings. The molecule has 1 aliphatic rings. The van der Waals surface area contributed by atoms with Crippen LogP contribution >= 0.6 is 12.4 Å². The average molecular weight is 433 g/mol. The van der Waals surface area contributed by atoms with Gasteiger partial charge in [0.2, 0.25) is 0 Å². The van der Waals surface area contributed by atoms with Crippen LogP contribution in [0.3, 0.4) is 0 Å². The largest absolute Gasteiger partial charge is 0.497 e. The van der Waals surface area contributed by atoms with Gasteiger partial charge in [0.05, 0.1) is 32.1 Å². The maximum atomic E-state index is 14.7. The van der Waals surface area contributed by atoms with Crippen molar-refractivity contribution in [2.24, 2.45) is 0 Å². The quantitative estimate of drug-likeness (QED) is 0.593. The summed E-state index contributed by atoms with van der Waals surface area (Å²) in [4.78, 5) is 0. The topological polar surface area (TPSA) is 44.7 Å². The van der Waals surface area contributed by atoms with Crippen LogP contribution in [-0.4, -0.2) is 24.9 Å². The van der Waals surface area contributed by atoms with Crippen molar-refractivity contribution in [2.45, 2.75) is 26.4 Å². The number of halogens is 2. The lowest BCUT2D eigenvalue weighted by atomic mass is 10.0. The smallest absolute Gasteiger partial charge is 0.163 e. The molecule has 1 aromatic heterocycles. The molecule has 0 fully saturated rings. The molecule has 0 bridgehead atoms. The predicted octanol–water partition coefficient (Wildman–Crippen LogP) is 5.04. The summed E-state index contributed by atoms with van der Waals surface area (Å²) in [5.74, 6) is 1.78. The number of nitrogens with one attached hydrogen (secondary N) is 1. The maximum Gasteiger partial charge on any atom is 0.163 e. The number of benzene rings is 2. The Morgan fingerprint density at radius 1 is 1.07 bits per heavy atom. The molecule has 0 spiro atoms. The molecule has 160 valence electrons. The van der Waals surface area contributed by atoms with Gasteiger partial charge in [0.25, 0.3) is 0 Å². The summed E-state index contributed by atoms with van der Waals surface area (Å²) in [5, 5.41) is 3.50. The minimum absolute atomic E-state index is 0. The SMILES string of the molecule is CCOc1cc2c(cc1OCC)-n1cccc1C(c1cc(OC)ccc1F)NC2.Cl. The Hall–Kier alpha value is -2.70. The third kappa shape index (κ3) is 3.98. The fourth-order valence-corrected chi connectivity index (χ4v) is 3.80. The molecule has 0 saturated carbocycles. The third-order valence-corrected chi connectivity index (χ3v) is 5.09. The van der Waals surface area contributed by atoms with E-state index >= 15 is 0 Å². The molecular formula is C23H26ClFN2O3. The lowest BCUT2D eigenvalue weighted by Crippen LogP contribution is -2.22. The van der Waals surface area contributed by atoms with Gasteiger partial charge in [-0.1, -0.05) is 0 Å². The van der Waals surface area contributed by atoms with Gasteiger partial charge in [-0.3, -0.25) is 0 Å². The van der Waals surface area contributed by atoms with Crippen LogP contribution in [-0.2, 0) is 6.54 Å². The van der Waals surface area contributed by atoms with Crippen molar-refractivity contribution in [1.82, 2.24) is 9.88 Å². The van der Waals surface area contributed by atoms with Gasteiger partial charge in [-0.25, -0.2) is 4.39 Å². The Bertz CT molecular complexity index is 1020. The molecule has 2 aromatic carbocycles. The van der Waals surface area contributed by atoms with Gasteiger partial charge in [0.15, 0.2) is 11.5 Å². The van der Waals surface area contributed by atoms with Crippen LogP contribution in [0.25, 0.3) is 5.69 Å². The molecule has 7 heteroatoms. The monoisotopic (exact) mass is 432 g/mol. The minimum Gasteiger partial charge on any atom is -0.497 e. The first-order valence-corrected chi connectivity index (χ1v) is 9.83. The van der Waals surface area contributed by atoms with Gasteiger partial charge >= 0.3 is 0 Å². The number of hydrogen-bond donors (Lipinski definition) is 1. The van der Waals surface area contributed by atoms with E-state index in [0.717, 1.165) is 22.7 Å². The van der Waals surface area contributed by atoms with Crippen molar-refractivity contribution in [3.8, 4) is 22.9 Å². The van der Waals surface area contributed by atoms with E-state index in [1.54, 1.807) is 19.2 Å². The highest BCUT2D eigenvalue weighted by atomic mass is 35.5. The van der Waals surface area contributed by atoms with Crippen molar-refractivity contribution >= 4 is 12.4 Å². The Labute approximate surface area is 182 Å². The summed E-state index contributed by atoms with van der Waals surface area (Å²) in [7, 11) is 1.58. The maximum absolute atomic E-state index is 14.7. The van der Waals surface area contributed by atoms with E-state index in [2.05, 4.69) is 9.88 Å². The third-order valence-electron chi connectivity index (χ3n) is 5.09. The standard InChI is InChI=1S/C23H25FN2O3.ClH/c1-4-28-21-11-15-14-25-23(17-12-16(27-3)8-9-18(17)24)19-7-6-10-26(19)20(15)13-22(21)29-5-2;/h6-13,23,25H,4-5,14H2,1-3H3;1H. The zero-order chi connectivity index (χ0) is 20.4. The van der Waals surface area contributed by atoms with Gasteiger partial charge < -0.3 is 24.1 Å². The summed E-state index contributed by atoms with van der Waals surface area (Å²) in [5.41, 5.74) is 3.55. The van der Waals surface area contributed by atoms with Gasteiger partial charge in [-0.15, -0.1) is 12.4 Å². The van der Waals surface area contributed by atoms with Crippen molar-refractivity contribution in [1.29, 1.82) is 0 Å². The Kier molecular flexibility index (Phi) is 6.90. The highest BCUT2D eigenvalue weighted by molar-refractivity contribution is 5.85. The first kappa shape index (κ1) is 22.0. The summed E-state index contributed by atoms with van der Waals surface area (Å²) < 4.78 is 33.7. The zero-order valence-electron chi connectivity index (χ0n) is 17.3. The van der Waals surface area contributed by atoms with Crippen molar-refractivity contribution < 1.29 is 18.6 Å². The molecule has 1 atom stereocenters. The van der Waals surface area contributed by atoms with E-state index in [0.29, 0.717) is 36.8 Å². The molecule has 5 nitrogen and oxygen atoms in total. The highest BCUT2D eigenvalue weighted by Crippen LogP contribution is 2.38. The molecular weight excluding hydrogens is 407 g/mol. The molecule has 1 unspecified atom stereocenters. The van der Waals surface area contributed by atoms with E-state index in [-0.39, 0.29) is 24.3 Å². The minimum atomic E-state index is -0.321. The number of ether oxygens (including phenoxy) is 3. The van der Waals surface area contributed by atoms with Crippen LogP contribution in [0.2, 0.25) is 0 Å². The number of nitrogens with zero attached hydrogens (tertiary/aromatic N) is 1. The first-order chi connectivity index (χ1) is 14.2. The van der Waals surface area contributed by atoms with Gasteiger partial charge in [-0.05, 0) is 55.8 Å². The Morgan fingerprint density at radius 2 is 1.80 bits per heavy atom. The number of methoxy groups -OCH3 is 1. The Morgan fingerprint density at radius 3 is 2.50 bits per heavy atom. The average Bonchev–Trinajstić information content (AvgIpc) is 3.15. The van der Waals surface area contributed by atoms with E-state index in [9.17, 15) is 4.39 Å². The highest BCUT2D eigenvalue weighted by Gasteiger charge is 2.27. The Balaban J connectivity index is 0.00000256. The van der Waals surface area contributed by atoms with E-state index in [4.69, 9.17) is 14.2 Å². The second-order valence-corrected chi connectivity index (χ2v) is 6.80. The summed E-state index contributed by atoms with van der Waals surface area (Å²) in [6, 6.07) is 12.5. The molecule has 1 aliphatic heterocycles. The van der Waals surface area contributed by atoms with Crippen LogP contribution in [0.15, 0.2) is 48.7 Å². The number of hydrogen-bond acceptors (Lipinski definition) is 4. The van der Waals surface area contributed by atoms with Crippen molar-refractivity contribution in [3.05, 3.63) is 71.3 Å². The molecule has 1 N–H and O–H groups in total. The predicted molar refractivity (Wildman–Crippen MR) is 117 cm³/mol. The molecule has 0 saturated heterocycles. The van der Waals surface area contributed by atoms with Crippen molar-refractivity contribution in [3.63, 3.8) is 0 Å². The van der Waals surface area contributed by atoms with Gasteiger partial charge in [-0.2, -0.15) is 0 Å². The van der Waals surface area contributed by atoms with Crippen molar-refractivity contribution in [2.75, 3.05) is 20.3 Å². The van der Waals surface area contributed by atoms with Gasteiger partial charge in [0, 0.05) is 30.1 Å². The molecule has 30 heavy (non-hydrogen) atoms. The first-order valence-electron chi connectivity index (χ1n) is 9.83. The van der Waals surface area contributed by atoms with E-state index in [1.165, 1.54) is 6.07 Å². The lowest BCUT2D eigenvalue weighted by molar-refractivity contribution is 0.287. The number of aromatic nitrogens is 1. The molecule has 4 rings (SSSR count). The zero-order valence-corrected chi connectivity index (χ0v) is 18.1. The second kappa shape index (κ2) is 9.41. The molecule has 2 heterocycles. The second-order valence-electron chi connectivity index (χ2n) is 6.80. The van der Waals surface area contributed by atoms with Crippen LogP contribution in [0.5, 0.6) is 17.2 Å². The summed E-state index contributed by atoms with van der Waals surface area (Å²) in [6.45, 7) is 5.56. The number of fused-ring (bicyclic) bond motifs is 3. The number of rotatable bonds is 6. The van der Waals surface area contributed by atoms with Crippen LogP contribution in [0.4, 0.5) is 4.39 Å². The van der Waals surface area contributed by atoms with Crippen LogP contribution in [0, 0.1) is 5.82 Å². The van der Waals surface area contributed by atoms with E-state index < -0.39 is 0 Å². The normalized spacial score (nSPS) is 14.7. The van der Waals surface area contributed by atoms with Crippen LogP contribution in [0.1, 0.15) is 36.7 Å². The van der Waals surface area contributed by atoms with Crippen LogP contribution < -0.4 is 19.5 Å². The molecule has 0 radical (unpaired) electrons. The molecule has 0 aliphatic carbocycles. The summed E-state index contributed by atoms with van der Waals surface area (Å²) in [6.07, 6.45) is 1.99. The molecule has 0 amide bonds. The fourth-order valence-electron chi connectivity index (χ4n) is 3.80. The van der Waals surface area contributed by atoms with Gasteiger partial charge in [0.1, 0.15) is 11.6 Å². The van der Waals surface area contributed by atoms with E-state index in [1.807, 2.05) is 44.3 Å². The lowest BCUT2D eigenvalue weighted by Gasteiger charge is -2.19. The fraction of sp³-hybridized carbons (Fsp3) is 0.304.